The van der Waals surface area contributed by atoms with E-state index in [2.05, 4.69) is 4.74 Å². The Hall–Kier alpha value is -1.84. The molecule has 0 aliphatic rings. The van der Waals surface area contributed by atoms with Gasteiger partial charge in [-0.15, -0.1) is 0 Å². The molecule has 1 aromatic carbocycles. The van der Waals surface area contributed by atoms with Crippen LogP contribution in [0.1, 0.15) is 5.56 Å². The highest BCUT2D eigenvalue weighted by Gasteiger charge is 2.03. The van der Waals surface area contributed by atoms with Crippen LogP contribution in [0.2, 0.25) is 0 Å². The van der Waals surface area contributed by atoms with E-state index in [4.69, 9.17) is 0 Å². The second-order valence-electron chi connectivity index (χ2n) is 2.53. The zero-order chi connectivity index (χ0) is 10.6. The molecule has 0 heterocycles. The van der Waals surface area contributed by atoms with Crippen molar-refractivity contribution in [1.82, 2.24) is 0 Å². The highest BCUT2D eigenvalue weighted by Crippen LogP contribution is 2.21. The minimum Gasteiger partial charge on any atom is -0.504 e. The number of hydrogen-bond donors (Lipinski definition) is 1. The zero-order valence-electron chi connectivity index (χ0n) is 7.53. The molecule has 0 aliphatic carbocycles. The van der Waals surface area contributed by atoms with Crippen molar-refractivity contribution in [3.05, 3.63) is 35.7 Å². The first-order valence-corrected chi connectivity index (χ1v) is 3.88. The number of hydrogen-bond acceptors (Lipinski definition) is 3. The molecule has 4 heteroatoms. The van der Waals surface area contributed by atoms with Crippen LogP contribution in [0.5, 0.6) is 5.75 Å². The molecule has 0 saturated carbocycles. The highest BCUT2D eigenvalue weighted by molar-refractivity contribution is 5.87. The minimum absolute atomic E-state index is 0.232. The lowest BCUT2D eigenvalue weighted by Gasteiger charge is -1.98. The van der Waals surface area contributed by atoms with Gasteiger partial charge in [-0.1, -0.05) is 12.1 Å². The number of esters is 1. The summed E-state index contributed by atoms with van der Waals surface area (Å²) in [5.74, 6) is -1.77. The van der Waals surface area contributed by atoms with Gasteiger partial charge in [0.15, 0.2) is 11.6 Å². The number of phenolic OH excluding ortho intramolecular Hbond substituents is 1. The Morgan fingerprint density at radius 1 is 1.57 bits per heavy atom. The number of rotatable bonds is 2. The molecule has 0 aromatic heterocycles. The minimum atomic E-state index is -0.725. The van der Waals surface area contributed by atoms with Crippen molar-refractivity contribution >= 4 is 12.0 Å². The molecule has 14 heavy (non-hydrogen) atoms. The van der Waals surface area contributed by atoms with Crippen LogP contribution in [0.3, 0.4) is 0 Å². The van der Waals surface area contributed by atoms with Gasteiger partial charge in [-0.3, -0.25) is 0 Å². The largest absolute Gasteiger partial charge is 0.504 e. The molecule has 0 spiro atoms. The van der Waals surface area contributed by atoms with Crippen LogP contribution in [0.15, 0.2) is 24.3 Å². The van der Waals surface area contributed by atoms with Gasteiger partial charge in [0.2, 0.25) is 0 Å². The van der Waals surface area contributed by atoms with Crippen LogP contribution in [0, 0.1) is 5.82 Å². The Morgan fingerprint density at radius 2 is 2.29 bits per heavy atom. The summed E-state index contributed by atoms with van der Waals surface area (Å²) in [4.78, 5) is 10.7. The van der Waals surface area contributed by atoms with E-state index in [1.807, 2.05) is 0 Å². The first-order chi connectivity index (χ1) is 6.65. The maximum absolute atomic E-state index is 12.8. The molecule has 0 aliphatic heterocycles. The van der Waals surface area contributed by atoms with Crippen LogP contribution >= 0.6 is 0 Å². The number of aromatic hydroxyl groups is 1. The predicted octanol–water partition coefficient (Wildman–Crippen LogP) is 1.72. The van der Waals surface area contributed by atoms with Crippen LogP contribution in [-0.2, 0) is 9.53 Å². The highest BCUT2D eigenvalue weighted by atomic mass is 19.1. The molecule has 0 atom stereocenters. The third-order valence-corrected chi connectivity index (χ3v) is 1.62. The van der Waals surface area contributed by atoms with E-state index in [-0.39, 0.29) is 5.56 Å². The third-order valence-electron chi connectivity index (χ3n) is 1.62. The number of benzene rings is 1. The second-order valence-corrected chi connectivity index (χ2v) is 2.53. The fraction of sp³-hybridized carbons (Fsp3) is 0.100. The number of methoxy groups -OCH3 is 1. The first-order valence-electron chi connectivity index (χ1n) is 3.88. The summed E-state index contributed by atoms with van der Waals surface area (Å²) < 4.78 is 17.1. The summed E-state index contributed by atoms with van der Waals surface area (Å²) in [7, 11) is 1.23. The number of carbonyl (C=O) groups is 1. The van der Waals surface area contributed by atoms with Crippen molar-refractivity contribution in [2.45, 2.75) is 0 Å². The molecule has 1 rings (SSSR count). The average molecular weight is 196 g/mol. The summed E-state index contributed by atoms with van der Waals surface area (Å²) in [5, 5.41) is 9.20. The molecular formula is C10H9FO3. The van der Waals surface area contributed by atoms with Gasteiger partial charge in [0.05, 0.1) is 7.11 Å². The van der Waals surface area contributed by atoms with E-state index < -0.39 is 17.5 Å². The average Bonchev–Trinajstić information content (AvgIpc) is 2.20. The normalized spacial score (nSPS) is 10.4. The van der Waals surface area contributed by atoms with E-state index in [1.54, 1.807) is 0 Å². The summed E-state index contributed by atoms with van der Waals surface area (Å²) in [6, 6.07) is 4.05. The Morgan fingerprint density at radius 3 is 2.93 bits per heavy atom. The molecule has 0 bridgehead atoms. The fourth-order valence-electron chi connectivity index (χ4n) is 0.892. The van der Waals surface area contributed by atoms with E-state index in [0.717, 1.165) is 12.1 Å². The molecule has 0 fully saturated rings. The Bertz CT molecular complexity index is 372. The van der Waals surface area contributed by atoms with Gasteiger partial charge in [-0.2, -0.15) is 0 Å². The van der Waals surface area contributed by atoms with Crippen molar-refractivity contribution in [3.8, 4) is 5.75 Å². The third kappa shape index (κ3) is 2.32. The monoisotopic (exact) mass is 196 g/mol. The van der Waals surface area contributed by atoms with Crippen molar-refractivity contribution in [2.24, 2.45) is 0 Å². The van der Waals surface area contributed by atoms with Crippen molar-refractivity contribution in [1.29, 1.82) is 0 Å². The molecule has 74 valence electrons. The SMILES string of the molecule is COC(=O)/C=C/c1cccc(F)c1O. The molecule has 1 aromatic rings. The number of carbonyl (C=O) groups excluding carboxylic acids is 1. The molecule has 0 radical (unpaired) electrons. The van der Waals surface area contributed by atoms with E-state index in [9.17, 15) is 14.3 Å². The van der Waals surface area contributed by atoms with E-state index >= 15 is 0 Å². The fourth-order valence-corrected chi connectivity index (χ4v) is 0.892. The standard InChI is InChI=1S/C10H9FO3/c1-14-9(12)6-5-7-3-2-4-8(11)10(7)13/h2-6,13H,1H3/b6-5+. The van der Waals surface area contributed by atoms with Crippen molar-refractivity contribution in [2.75, 3.05) is 7.11 Å². The number of ether oxygens (including phenoxy) is 1. The van der Waals surface area contributed by atoms with Gasteiger partial charge in [-0.05, 0) is 12.1 Å². The summed E-state index contributed by atoms with van der Waals surface area (Å²) >= 11 is 0. The lowest BCUT2D eigenvalue weighted by Crippen LogP contribution is -1.93. The maximum atomic E-state index is 12.8. The quantitative estimate of drug-likeness (QED) is 0.578. The van der Waals surface area contributed by atoms with E-state index in [1.165, 1.54) is 25.3 Å². The van der Waals surface area contributed by atoms with Gasteiger partial charge >= 0.3 is 5.97 Å². The summed E-state index contributed by atoms with van der Waals surface area (Å²) in [6.07, 6.45) is 2.39. The van der Waals surface area contributed by atoms with Crippen LogP contribution in [0.25, 0.3) is 6.08 Å². The molecule has 1 N–H and O–H groups in total. The van der Waals surface area contributed by atoms with Crippen LogP contribution in [-0.4, -0.2) is 18.2 Å². The molecule has 0 unspecified atom stereocenters. The van der Waals surface area contributed by atoms with Crippen LogP contribution in [0.4, 0.5) is 4.39 Å². The molecular weight excluding hydrogens is 187 g/mol. The second kappa shape index (κ2) is 4.41. The van der Waals surface area contributed by atoms with Crippen molar-refractivity contribution < 1.29 is 19.0 Å². The summed E-state index contributed by atoms with van der Waals surface area (Å²) in [5.41, 5.74) is 0.232. The Balaban J connectivity index is 2.92. The van der Waals surface area contributed by atoms with Gasteiger partial charge < -0.3 is 9.84 Å². The van der Waals surface area contributed by atoms with E-state index in [0.29, 0.717) is 0 Å². The van der Waals surface area contributed by atoms with Crippen LogP contribution < -0.4 is 0 Å². The van der Waals surface area contributed by atoms with Gasteiger partial charge in [0.25, 0.3) is 0 Å². The maximum Gasteiger partial charge on any atom is 0.330 e. The molecule has 0 amide bonds. The first kappa shape index (κ1) is 10.2. The Kier molecular flexibility index (Phi) is 3.23. The van der Waals surface area contributed by atoms with Gasteiger partial charge in [-0.25, -0.2) is 9.18 Å². The predicted molar refractivity (Wildman–Crippen MR) is 49.1 cm³/mol. The number of halogens is 1. The lowest BCUT2D eigenvalue weighted by molar-refractivity contribution is -0.134. The molecule has 0 saturated heterocycles. The summed E-state index contributed by atoms with van der Waals surface area (Å²) in [6.45, 7) is 0. The number of para-hydroxylation sites is 1. The smallest absolute Gasteiger partial charge is 0.330 e. The van der Waals surface area contributed by atoms with Gasteiger partial charge in [0, 0.05) is 11.6 Å². The lowest BCUT2D eigenvalue weighted by atomic mass is 10.2. The molecule has 3 nitrogen and oxygen atoms in total. The topological polar surface area (TPSA) is 46.5 Å². The zero-order valence-corrected chi connectivity index (χ0v) is 7.53. The Labute approximate surface area is 80.4 Å². The number of phenols is 1. The van der Waals surface area contributed by atoms with Crippen molar-refractivity contribution in [3.63, 3.8) is 0 Å². The van der Waals surface area contributed by atoms with Gasteiger partial charge in [0.1, 0.15) is 0 Å².